The van der Waals surface area contributed by atoms with E-state index in [4.69, 9.17) is 0 Å². The van der Waals surface area contributed by atoms with Crippen molar-refractivity contribution in [2.75, 3.05) is 40.3 Å². The zero-order chi connectivity index (χ0) is 11.5. The molecule has 92 valence electrons. The summed E-state index contributed by atoms with van der Waals surface area (Å²) >= 11 is 0. The van der Waals surface area contributed by atoms with Crippen molar-refractivity contribution in [3.63, 3.8) is 0 Å². The maximum Gasteiger partial charge on any atom is 0.264 e. The maximum absolute atomic E-state index is 3.54. The number of hydrogen-bond donors (Lipinski definition) is 3. The first kappa shape index (κ1) is 15.1. The molecule has 0 aliphatic carbocycles. The van der Waals surface area contributed by atoms with E-state index in [1.54, 1.807) is 0 Å². The molecule has 0 aromatic heterocycles. The summed E-state index contributed by atoms with van der Waals surface area (Å²) in [5.41, 5.74) is 0. The summed E-state index contributed by atoms with van der Waals surface area (Å²) in [5.74, 6) is 0. The van der Waals surface area contributed by atoms with Crippen LogP contribution in [0.3, 0.4) is 0 Å². The summed E-state index contributed by atoms with van der Waals surface area (Å²) in [6.07, 6.45) is 2.60. The van der Waals surface area contributed by atoms with Gasteiger partial charge in [-0.3, -0.25) is 0 Å². The van der Waals surface area contributed by atoms with Gasteiger partial charge in [-0.1, -0.05) is 20.3 Å². The molecule has 0 saturated carbocycles. The van der Waals surface area contributed by atoms with E-state index in [0.29, 0.717) is 0 Å². The normalized spacial score (nSPS) is 11.6. The SMILES string of the molecule is CCCCN(CC)CCN[SiH](NC)NC. The van der Waals surface area contributed by atoms with Crippen molar-refractivity contribution in [1.82, 2.24) is 19.8 Å². The molecule has 0 fully saturated rings. The molecule has 4 nitrogen and oxygen atoms in total. The lowest BCUT2D eigenvalue weighted by Crippen LogP contribution is -2.56. The molecule has 5 heteroatoms. The molecular weight excluding hydrogens is 204 g/mol. The number of nitrogens with zero attached hydrogens (tertiary/aromatic N) is 1. The Hall–Kier alpha value is 0.0569. The molecule has 0 radical (unpaired) electrons. The minimum absolute atomic E-state index is 1.07. The van der Waals surface area contributed by atoms with Gasteiger partial charge in [0, 0.05) is 13.1 Å². The molecule has 3 N–H and O–H groups in total. The fraction of sp³-hybridized carbons (Fsp3) is 1.00. The van der Waals surface area contributed by atoms with Crippen molar-refractivity contribution in [3.8, 4) is 0 Å². The van der Waals surface area contributed by atoms with Gasteiger partial charge in [0.2, 0.25) is 0 Å². The average molecular weight is 232 g/mol. The van der Waals surface area contributed by atoms with Gasteiger partial charge in [-0.25, -0.2) is 0 Å². The Morgan fingerprint density at radius 1 is 1.07 bits per heavy atom. The zero-order valence-corrected chi connectivity index (χ0v) is 11.9. The predicted octanol–water partition coefficient (Wildman–Crippen LogP) is -0.146. The third-order valence-corrected chi connectivity index (χ3v) is 4.48. The van der Waals surface area contributed by atoms with E-state index >= 15 is 0 Å². The quantitative estimate of drug-likeness (QED) is 0.458. The Balaban J connectivity index is 3.52. The molecule has 0 atom stereocenters. The summed E-state index contributed by atoms with van der Waals surface area (Å²) in [6.45, 7) is 9.12. The summed E-state index contributed by atoms with van der Waals surface area (Å²) in [6, 6.07) is 0. The van der Waals surface area contributed by atoms with Crippen LogP contribution in [-0.4, -0.2) is 54.5 Å². The Kier molecular flexibility index (Phi) is 10.6. The number of likely N-dealkylation sites (N-methyl/N-ethyl adjacent to an activating group) is 1. The second-order valence-electron chi connectivity index (χ2n) is 3.75. The van der Waals surface area contributed by atoms with E-state index in [2.05, 4.69) is 33.7 Å². The summed E-state index contributed by atoms with van der Waals surface area (Å²) in [4.78, 5) is 12.6. The van der Waals surface area contributed by atoms with Crippen LogP contribution in [0.2, 0.25) is 0 Å². The van der Waals surface area contributed by atoms with Gasteiger partial charge in [-0.2, -0.15) is 0 Å². The summed E-state index contributed by atoms with van der Waals surface area (Å²) < 4.78 is 0. The van der Waals surface area contributed by atoms with Crippen molar-refractivity contribution >= 4 is 9.28 Å². The van der Waals surface area contributed by atoms with Crippen LogP contribution in [0.1, 0.15) is 26.7 Å². The van der Waals surface area contributed by atoms with Gasteiger partial charge in [0.25, 0.3) is 9.28 Å². The van der Waals surface area contributed by atoms with Gasteiger partial charge in [0.1, 0.15) is 0 Å². The number of unbranched alkanes of at least 4 members (excludes halogenated alkanes) is 1. The van der Waals surface area contributed by atoms with Gasteiger partial charge >= 0.3 is 0 Å². The third-order valence-electron chi connectivity index (χ3n) is 2.63. The Morgan fingerprint density at radius 3 is 2.20 bits per heavy atom. The highest BCUT2D eigenvalue weighted by Gasteiger charge is 2.05. The lowest BCUT2D eigenvalue weighted by Gasteiger charge is -2.22. The number of hydrogen-bond acceptors (Lipinski definition) is 4. The fourth-order valence-electron chi connectivity index (χ4n) is 1.53. The van der Waals surface area contributed by atoms with Crippen LogP contribution < -0.4 is 14.9 Å². The molecule has 0 aromatic rings. The molecule has 0 saturated heterocycles. The fourth-order valence-corrected chi connectivity index (χ4v) is 2.64. The van der Waals surface area contributed by atoms with Crippen LogP contribution >= 0.6 is 0 Å². The van der Waals surface area contributed by atoms with E-state index in [9.17, 15) is 0 Å². The molecular formula is C10H28N4Si. The lowest BCUT2D eigenvalue weighted by atomic mass is 10.3. The smallest absolute Gasteiger partial charge is 0.264 e. The van der Waals surface area contributed by atoms with Gasteiger partial charge in [-0.15, -0.1) is 0 Å². The first-order valence-corrected chi connectivity index (χ1v) is 7.81. The first-order valence-electron chi connectivity index (χ1n) is 6.08. The van der Waals surface area contributed by atoms with E-state index in [0.717, 1.165) is 19.6 Å². The first-order chi connectivity index (χ1) is 7.28. The number of rotatable bonds is 10. The number of nitrogens with one attached hydrogen (secondary N) is 3. The van der Waals surface area contributed by atoms with Crippen molar-refractivity contribution in [2.45, 2.75) is 26.7 Å². The van der Waals surface area contributed by atoms with E-state index in [1.165, 1.54) is 19.4 Å². The van der Waals surface area contributed by atoms with Crippen LogP contribution in [0.25, 0.3) is 0 Å². The van der Waals surface area contributed by atoms with E-state index in [1.807, 2.05) is 14.1 Å². The Labute approximate surface area is 96.7 Å². The molecule has 0 unspecified atom stereocenters. The average Bonchev–Trinajstić information content (AvgIpc) is 2.28. The van der Waals surface area contributed by atoms with Crippen LogP contribution in [0.4, 0.5) is 0 Å². The van der Waals surface area contributed by atoms with Crippen LogP contribution in [0.5, 0.6) is 0 Å². The Morgan fingerprint density at radius 2 is 1.73 bits per heavy atom. The van der Waals surface area contributed by atoms with Gasteiger partial charge in [0.15, 0.2) is 0 Å². The topological polar surface area (TPSA) is 39.3 Å². The highest BCUT2D eigenvalue weighted by molar-refractivity contribution is 6.50. The molecule has 0 aliphatic heterocycles. The standard InChI is InChI=1S/C10H28N4Si/c1-5-7-9-14(6-2)10-8-13-15(11-3)12-4/h11-13,15H,5-10H2,1-4H3. The van der Waals surface area contributed by atoms with E-state index < -0.39 is 9.28 Å². The molecule has 0 spiro atoms. The van der Waals surface area contributed by atoms with Gasteiger partial charge < -0.3 is 19.8 Å². The minimum Gasteiger partial charge on any atom is -0.319 e. The van der Waals surface area contributed by atoms with E-state index in [-0.39, 0.29) is 0 Å². The van der Waals surface area contributed by atoms with Crippen molar-refractivity contribution in [3.05, 3.63) is 0 Å². The predicted molar refractivity (Wildman–Crippen MR) is 70.3 cm³/mol. The van der Waals surface area contributed by atoms with Crippen molar-refractivity contribution in [2.24, 2.45) is 0 Å². The molecule has 0 rings (SSSR count). The van der Waals surface area contributed by atoms with Crippen LogP contribution in [0, 0.1) is 0 Å². The Bertz CT molecular complexity index is 131. The summed E-state index contributed by atoms with van der Waals surface area (Å²) in [7, 11) is 2.95. The largest absolute Gasteiger partial charge is 0.319 e. The second-order valence-corrected chi connectivity index (χ2v) is 6.18. The van der Waals surface area contributed by atoms with Gasteiger partial charge in [0.05, 0.1) is 0 Å². The lowest BCUT2D eigenvalue weighted by molar-refractivity contribution is 0.288. The highest BCUT2D eigenvalue weighted by Crippen LogP contribution is 1.93. The van der Waals surface area contributed by atoms with Crippen LogP contribution in [-0.2, 0) is 0 Å². The minimum atomic E-state index is -1.07. The van der Waals surface area contributed by atoms with Crippen LogP contribution in [0.15, 0.2) is 0 Å². The second kappa shape index (κ2) is 10.6. The zero-order valence-electron chi connectivity index (χ0n) is 10.8. The molecule has 0 aromatic carbocycles. The highest BCUT2D eigenvalue weighted by atomic mass is 28.3. The maximum atomic E-state index is 3.54. The molecule has 0 heterocycles. The monoisotopic (exact) mass is 232 g/mol. The van der Waals surface area contributed by atoms with Gasteiger partial charge in [-0.05, 0) is 33.6 Å². The molecule has 0 bridgehead atoms. The van der Waals surface area contributed by atoms with Crippen molar-refractivity contribution < 1.29 is 0 Å². The third kappa shape index (κ3) is 7.93. The summed E-state index contributed by atoms with van der Waals surface area (Å²) in [5, 5.41) is 0. The van der Waals surface area contributed by atoms with Crippen molar-refractivity contribution in [1.29, 1.82) is 0 Å². The molecule has 0 amide bonds. The molecule has 0 aliphatic rings. The molecule has 15 heavy (non-hydrogen) atoms.